The van der Waals surface area contributed by atoms with Gasteiger partial charge in [-0.2, -0.15) is 0 Å². The van der Waals surface area contributed by atoms with Crippen LogP contribution in [0, 0.1) is 5.92 Å². The number of anilines is 1. The summed E-state index contributed by atoms with van der Waals surface area (Å²) in [4.78, 5) is 2.11. The highest BCUT2D eigenvalue weighted by atomic mass is 16.5. The second-order valence-corrected chi connectivity index (χ2v) is 5.07. The molecule has 18 heavy (non-hydrogen) atoms. The van der Waals surface area contributed by atoms with Gasteiger partial charge in [-0.1, -0.05) is 20.3 Å². The predicted octanol–water partition coefficient (Wildman–Crippen LogP) is 3.09. The summed E-state index contributed by atoms with van der Waals surface area (Å²) in [5, 5.41) is 3.43. The average molecular weight is 250 g/mol. The molecular weight excluding hydrogens is 224 g/mol. The van der Waals surface area contributed by atoms with E-state index in [1.54, 1.807) is 0 Å². The third kappa shape index (κ3) is 5.92. The van der Waals surface area contributed by atoms with E-state index in [1.165, 1.54) is 6.42 Å². The van der Waals surface area contributed by atoms with E-state index in [-0.39, 0.29) is 0 Å². The van der Waals surface area contributed by atoms with Crippen LogP contribution in [-0.2, 0) is 0 Å². The largest absolute Gasteiger partial charge is 0.492 e. The molecule has 0 aliphatic heterocycles. The number of rotatable bonds is 8. The molecule has 1 aromatic rings. The van der Waals surface area contributed by atoms with Gasteiger partial charge in [0.1, 0.15) is 12.4 Å². The van der Waals surface area contributed by atoms with E-state index in [0.29, 0.717) is 5.92 Å². The van der Waals surface area contributed by atoms with Crippen molar-refractivity contribution in [2.75, 3.05) is 39.1 Å². The average Bonchev–Trinajstić information content (AvgIpc) is 2.37. The maximum atomic E-state index is 5.65. The highest BCUT2D eigenvalue weighted by molar-refractivity contribution is 5.46. The molecule has 1 N–H and O–H groups in total. The van der Waals surface area contributed by atoms with Crippen molar-refractivity contribution in [3.05, 3.63) is 24.3 Å². The molecule has 0 saturated heterocycles. The van der Waals surface area contributed by atoms with Gasteiger partial charge >= 0.3 is 0 Å². The van der Waals surface area contributed by atoms with Crippen molar-refractivity contribution >= 4 is 5.69 Å². The molecule has 0 heterocycles. The minimum absolute atomic E-state index is 0.709. The van der Waals surface area contributed by atoms with Crippen molar-refractivity contribution in [3.63, 3.8) is 0 Å². The van der Waals surface area contributed by atoms with E-state index < -0.39 is 0 Å². The Bertz CT molecular complexity index is 322. The van der Waals surface area contributed by atoms with Crippen molar-refractivity contribution in [2.45, 2.75) is 20.3 Å². The molecule has 102 valence electrons. The first-order valence-corrected chi connectivity index (χ1v) is 6.73. The number of nitrogens with zero attached hydrogens (tertiary/aromatic N) is 1. The smallest absolute Gasteiger partial charge is 0.119 e. The van der Waals surface area contributed by atoms with Crippen LogP contribution in [0.1, 0.15) is 20.3 Å². The fourth-order valence-electron chi connectivity index (χ4n) is 1.45. The van der Waals surface area contributed by atoms with E-state index in [2.05, 4.69) is 36.2 Å². The first-order chi connectivity index (χ1) is 8.61. The number of hydrogen-bond donors (Lipinski definition) is 1. The SMILES string of the molecule is CCC(C)CNc1ccc(OCCN(C)C)cc1. The lowest BCUT2D eigenvalue weighted by Crippen LogP contribution is -2.19. The third-order valence-electron chi connectivity index (χ3n) is 3.01. The molecule has 0 aliphatic carbocycles. The van der Waals surface area contributed by atoms with E-state index in [4.69, 9.17) is 4.74 Å². The van der Waals surface area contributed by atoms with Gasteiger partial charge in [-0.3, -0.25) is 0 Å². The van der Waals surface area contributed by atoms with Gasteiger partial charge in [-0.05, 0) is 44.3 Å². The van der Waals surface area contributed by atoms with Crippen LogP contribution in [0.3, 0.4) is 0 Å². The van der Waals surface area contributed by atoms with Gasteiger partial charge in [-0.25, -0.2) is 0 Å². The first-order valence-electron chi connectivity index (χ1n) is 6.73. The fraction of sp³-hybridized carbons (Fsp3) is 0.600. The molecule has 1 aromatic carbocycles. The van der Waals surface area contributed by atoms with Crippen LogP contribution in [0.2, 0.25) is 0 Å². The molecule has 0 aliphatic rings. The van der Waals surface area contributed by atoms with Crippen molar-refractivity contribution < 1.29 is 4.74 Å². The van der Waals surface area contributed by atoms with E-state index in [0.717, 1.165) is 31.1 Å². The van der Waals surface area contributed by atoms with Crippen LogP contribution in [0.5, 0.6) is 5.75 Å². The summed E-state index contributed by atoms with van der Waals surface area (Å²) in [5.74, 6) is 1.65. The molecule has 0 aromatic heterocycles. The molecule has 0 amide bonds. The molecule has 3 nitrogen and oxygen atoms in total. The first kappa shape index (κ1) is 14.8. The van der Waals surface area contributed by atoms with Crippen LogP contribution < -0.4 is 10.1 Å². The van der Waals surface area contributed by atoms with Crippen LogP contribution in [0.15, 0.2) is 24.3 Å². The third-order valence-corrected chi connectivity index (χ3v) is 3.01. The Labute approximate surface area is 111 Å². The number of ether oxygens (including phenoxy) is 1. The Hall–Kier alpha value is -1.22. The van der Waals surface area contributed by atoms with E-state index in [1.807, 2.05) is 26.2 Å². The van der Waals surface area contributed by atoms with Gasteiger partial charge in [0.2, 0.25) is 0 Å². The summed E-state index contributed by atoms with van der Waals surface area (Å²) in [6.45, 7) is 7.16. The molecule has 0 fully saturated rings. The molecule has 0 spiro atoms. The van der Waals surface area contributed by atoms with Crippen LogP contribution in [-0.4, -0.2) is 38.7 Å². The summed E-state index contributed by atoms with van der Waals surface area (Å²) < 4.78 is 5.65. The van der Waals surface area contributed by atoms with Gasteiger partial charge in [0, 0.05) is 18.8 Å². The maximum absolute atomic E-state index is 5.65. The minimum atomic E-state index is 0.709. The van der Waals surface area contributed by atoms with E-state index in [9.17, 15) is 0 Å². The lowest BCUT2D eigenvalue weighted by atomic mass is 10.1. The topological polar surface area (TPSA) is 24.5 Å². The van der Waals surface area contributed by atoms with Gasteiger partial charge in [0.15, 0.2) is 0 Å². The quantitative estimate of drug-likeness (QED) is 0.767. The zero-order chi connectivity index (χ0) is 13.4. The predicted molar refractivity (Wildman–Crippen MR) is 78.4 cm³/mol. The number of likely N-dealkylation sites (N-methyl/N-ethyl adjacent to an activating group) is 1. The minimum Gasteiger partial charge on any atom is -0.492 e. The summed E-state index contributed by atoms with van der Waals surface area (Å²) in [6.07, 6.45) is 1.21. The standard InChI is InChI=1S/C15H26N2O/c1-5-13(2)12-16-14-6-8-15(9-7-14)18-11-10-17(3)4/h6-9,13,16H,5,10-12H2,1-4H3. The zero-order valence-electron chi connectivity index (χ0n) is 12.1. The van der Waals surface area contributed by atoms with Gasteiger partial charge in [0.25, 0.3) is 0 Å². The second-order valence-electron chi connectivity index (χ2n) is 5.07. The molecule has 1 unspecified atom stereocenters. The molecular formula is C15H26N2O. The number of benzene rings is 1. The van der Waals surface area contributed by atoms with Crippen molar-refractivity contribution in [1.82, 2.24) is 4.90 Å². The lowest BCUT2D eigenvalue weighted by Gasteiger charge is -2.13. The van der Waals surface area contributed by atoms with Gasteiger partial charge in [-0.15, -0.1) is 0 Å². The van der Waals surface area contributed by atoms with Crippen LogP contribution >= 0.6 is 0 Å². The molecule has 1 rings (SSSR count). The zero-order valence-corrected chi connectivity index (χ0v) is 12.1. The Morgan fingerprint density at radius 2 is 1.89 bits per heavy atom. The molecule has 1 atom stereocenters. The summed E-state index contributed by atoms with van der Waals surface area (Å²) >= 11 is 0. The Kier molecular flexibility index (Phi) is 6.58. The highest BCUT2D eigenvalue weighted by Gasteiger charge is 1.99. The normalized spacial score (nSPS) is 12.5. The van der Waals surface area contributed by atoms with Crippen molar-refractivity contribution in [1.29, 1.82) is 0 Å². The van der Waals surface area contributed by atoms with Crippen molar-refractivity contribution in [2.24, 2.45) is 5.92 Å². The summed E-state index contributed by atoms with van der Waals surface area (Å²) in [6, 6.07) is 8.20. The molecule has 3 heteroatoms. The van der Waals surface area contributed by atoms with Gasteiger partial charge in [0.05, 0.1) is 0 Å². The molecule has 0 saturated carbocycles. The monoisotopic (exact) mass is 250 g/mol. The number of hydrogen-bond acceptors (Lipinski definition) is 3. The van der Waals surface area contributed by atoms with Crippen LogP contribution in [0.25, 0.3) is 0 Å². The highest BCUT2D eigenvalue weighted by Crippen LogP contribution is 2.16. The lowest BCUT2D eigenvalue weighted by molar-refractivity contribution is 0.261. The molecule has 0 bridgehead atoms. The van der Waals surface area contributed by atoms with Crippen LogP contribution in [0.4, 0.5) is 5.69 Å². The Morgan fingerprint density at radius 1 is 1.22 bits per heavy atom. The fourth-order valence-corrected chi connectivity index (χ4v) is 1.45. The number of nitrogens with one attached hydrogen (secondary N) is 1. The Morgan fingerprint density at radius 3 is 2.44 bits per heavy atom. The summed E-state index contributed by atoms with van der Waals surface area (Å²) in [7, 11) is 4.09. The molecule has 0 radical (unpaired) electrons. The van der Waals surface area contributed by atoms with Gasteiger partial charge < -0.3 is 15.0 Å². The van der Waals surface area contributed by atoms with E-state index >= 15 is 0 Å². The summed E-state index contributed by atoms with van der Waals surface area (Å²) in [5.41, 5.74) is 1.16. The maximum Gasteiger partial charge on any atom is 0.119 e. The van der Waals surface area contributed by atoms with Crippen molar-refractivity contribution in [3.8, 4) is 5.75 Å². The Balaban J connectivity index is 2.33. The second kappa shape index (κ2) is 7.98.